The SMILES string of the molecule is CC1(CC(=O)O)CC(c2cccc(Cl)c2)C(c2ccc(Cl)cc2)N(C(CC(F)F)c2cccc(OC(=O)C(F)(F)F)n2)C1=O. The molecule has 1 N–H and O–H groups in total. The van der Waals surface area contributed by atoms with Crippen LogP contribution in [0.3, 0.4) is 0 Å². The van der Waals surface area contributed by atoms with Gasteiger partial charge in [0.2, 0.25) is 18.2 Å². The van der Waals surface area contributed by atoms with Crippen molar-refractivity contribution in [3.05, 3.63) is 93.6 Å². The van der Waals surface area contributed by atoms with Crippen LogP contribution in [0.4, 0.5) is 22.0 Å². The molecule has 7 nitrogen and oxygen atoms in total. The topological polar surface area (TPSA) is 96.8 Å². The molecule has 44 heavy (non-hydrogen) atoms. The molecule has 234 valence electrons. The minimum absolute atomic E-state index is 0.0136. The van der Waals surface area contributed by atoms with Gasteiger partial charge in [0.05, 0.1) is 29.6 Å². The van der Waals surface area contributed by atoms with E-state index in [0.29, 0.717) is 21.2 Å². The second kappa shape index (κ2) is 13.1. The van der Waals surface area contributed by atoms with Crippen LogP contribution < -0.4 is 4.74 Å². The minimum Gasteiger partial charge on any atom is -0.481 e. The molecule has 2 aromatic carbocycles. The zero-order chi connectivity index (χ0) is 32.4. The third-order valence-corrected chi connectivity index (χ3v) is 7.87. The highest BCUT2D eigenvalue weighted by molar-refractivity contribution is 6.30. The van der Waals surface area contributed by atoms with Gasteiger partial charge in [-0.15, -0.1) is 0 Å². The molecule has 0 spiro atoms. The molecule has 4 rings (SSSR count). The Balaban J connectivity index is 1.95. The standard InChI is InChI=1S/C30H25Cl2F5N2O5/c1-29(15-25(40)41)14-20(17-4-2-5-19(32)12-17)26(16-8-10-18(31)11-9-16)39(27(29)42)22(13-23(33)34)21-6-3-7-24(38-21)44-28(43)30(35,36)37/h2-12,20,22-23,26H,13-15H2,1H3,(H,40,41). The normalized spacial score (nSPS) is 21.3. The van der Waals surface area contributed by atoms with Crippen LogP contribution in [0.15, 0.2) is 66.7 Å². The van der Waals surface area contributed by atoms with Crippen molar-refractivity contribution in [2.75, 3.05) is 0 Å². The number of carbonyl (C=O) groups is 3. The van der Waals surface area contributed by atoms with Crippen LogP contribution in [0.5, 0.6) is 5.88 Å². The summed E-state index contributed by atoms with van der Waals surface area (Å²) in [6.45, 7) is 1.42. The Morgan fingerprint density at radius 3 is 2.30 bits per heavy atom. The summed E-state index contributed by atoms with van der Waals surface area (Å²) in [6.07, 6.45) is -10.1. The van der Waals surface area contributed by atoms with E-state index >= 15 is 0 Å². The zero-order valence-corrected chi connectivity index (χ0v) is 24.4. The van der Waals surface area contributed by atoms with Crippen molar-refractivity contribution in [3.8, 4) is 5.88 Å². The molecule has 4 atom stereocenters. The van der Waals surface area contributed by atoms with Crippen molar-refractivity contribution >= 4 is 41.0 Å². The molecular weight excluding hydrogens is 634 g/mol. The maximum absolute atomic E-state index is 14.4. The highest BCUT2D eigenvalue weighted by Gasteiger charge is 2.53. The smallest absolute Gasteiger partial charge is 0.481 e. The summed E-state index contributed by atoms with van der Waals surface area (Å²) >= 11 is 12.4. The maximum atomic E-state index is 14.4. The van der Waals surface area contributed by atoms with Crippen molar-refractivity contribution < 1.29 is 46.2 Å². The number of amides is 1. The lowest BCUT2D eigenvalue weighted by Crippen LogP contribution is -2.54. The molecule has 2 heterocycles. The van der Waals surface area contributed by atoms with E-state index in [2.05, 4.69) is 9.72 Å². The summed E-state index contributed by atoms with van der Waals surface area (Å²) in [5, 5.41) is 10.4. The van der Waals surface area contributed by atoms with E-state index in [0.717, 1.165) is 17.0 Å². The Morgan fingerprint density at radius 1 is 1.05 bits per heavy atom. The number of benzene rings is 2. The summed E-state index contributed by atoms with van der Waals surface area (Å²) in [6, 6.07) is 13.6. The third-order valence-electron chi connectivity index (χ3n) is 7.38. The Bertz CT molecular complexity index is 1540. The summed E-state index contributed by atoms with van der Waals surface area (Å²) in [5.41, 5.74) is -0.857. The molecular formula is C30H25Cl2F5N2O5. The third kappa shape index (κ3) is 7.47. The van der Waals surface area contributed by atoms with Crippen LogP contribution >= 0.6 is 23.2 Å². The largest absolute Gasteiger partial charge is 0.491 e. The number of carboxylic acid groups (broad SMARTS) is 1. The van der Waals surface area contributed by atoms with E-state index in [-0.39, 0.29) is 12.1 Å². The first-order chi connectivity index (χ1) is 20.6. The molecule has 0 saturated carbocycles. The van der Waals surface area contributed by atoms with Gasteiger partial charge in [-0.1, -0.05) is 60.5 Å². The molecule has 1 aliphatic rings. The van der Waals surface area contributed by atoms with Gasteiger partial charge < -0.3 is 14.7 Å². The van der Waals surface area contributed by atoms with E-state index in [1.807, 2.05) is 0 Å². The van der Waals surface area contributed by atoms with E-state index in [4.69, 9.17) is 23.2 Å². The fourth-order valence-electron chi connectivity index (χ4n) is 5.60. The van der Waals surface area contributed by atoms with Gasteiger partial charge in [0.25, 0.3) is 0 Å². The predicted molar refractivity (Wildman–Crippen MR) is 149 cm³/mol. The van der Waals surface area contributed by atoms with Crippen LogP contribution in [0.25, 0.3) is 0 Å². The zero-order valence-electron chi connectivity index (χ0n) is 22.9. The van der Waals surface area contributed by atoms with Gasteiger partial charge in [-0.2, -0.15) is 13.2 Å². The van der Waals surface area contributed by atoms with Crippen LogP contribution in [0.2, 0.25) is 10.0 Å². The Labute approximate surface area is 258 Å². The number of esters is 1. The molecule has 0 aliphatic carbocycles. The van der Waals surface area contributed by atoms with Crippen molar-refractivity contribution in [3.63, 3.8) is 0 Å². The second-order valence-corrected chi connectivity index (χ2v) is 11.5. The summed E-state index contributed by atoms with van der Waals surface area (Å²) in [5.74, 6) is -6.18. The average Bonchev–Trinajstić information content (AvgIpc) is 2.93. The van der Waals surface area contributed by atoms with Crippen LogP contribution in [0.1, 0.15) is 61.0 Å². The number of rotatable bonds is 9. The number of carboxylic acids is 1. The van der Waals surface area contributed by atoms with Gasteiger partial charge in [0.15, 0.2) is 0 Å². The molecule has 1 amide bonds. The molecule has 14 heteroatoms. The number of carbonyl (C=O) groups excluding carboxylic acids is 2. The number of aromatic nitrogens is 1. The highest BCUT2D eigenvalue weighted by atomic mass is 35.5. The highest BCUT2D eigenvalue weighted by Crippen LogP contribution is 2.54. The first kappa shape index (κ1) is 33.1. The number of halogens is 7. The van der Waals surface area contributed by atoms with Gasteiger partial charge in [-0.05, 0) is 47.9 Å². The van der Waals surface area contributed by atoms with Gasteiger partial charge in [-0.3, -0.25) is 9.59 Å². The van der Waals surface area contributed by atoms with Gasteiger partial charge in [-0.25, -0.2) is 18.6 Å². The molecule has 1 aromatic heterocycles. The Hall–Kier alpha value is -3.77. The van der Waals surface area contributed by atoms with E-state index in [9.17, 15) is 41.4 Å². The van der Waals surface area contributed by atoms with Crippen molar-refractivity contribution in [2.45, 2.75) is 56.8 Å². The molecule has 1 fully saturated rings. The summed E-state index contributed by atoms with van der Waals surface area (Å²) in [4.78, 5) is 42.9. The number of nitrogens with zero attached hydrogens (tertiary/aromatic N) is 2. The Morgan fingerprint density at radius 2 is 1.70 bits per heavy atom. The van der Waals surface area contributed by atoms with Crippen molar-refractivity contribution in [2.24, 2.45) is 5.41 Å². The minimum atomic E-state index is -5.36. The maximum Gasteiger partial charge on any atom is 0.491 e. The van der Waals surface area contributed by atoms with Gasteiger partial charge >= 0.3 is 18.1 Å². The first-order valence-electron chi connectivity index (χ1n) is 13.2. The van der Waals surface area contributed by atoms with Crippen LogP contribution in [-0.2, 0) is 14.4 Å². The lowest BCUT2D eigenvalue weighted by molar-refractivity contribution is -0.190. The van der Waals surface area contributed by atoms with E-state index < -0.39 is 72.6 Å². The first-order valence-corrected chi connectivity index (χ1v) is 13.9. The van der Waals surface area contributed by atoms with E-state index in [1.165, 1.54) is 25.1 Å². The number of alkyl halides is 5. The fourth-order valence-corrected chi connectivity index (χ4v) is 5.92. The number of hydrogen-bond donors (Lipinski definition) is 1. The number of pyridine rings is 1. The number of hydrogen-bond acceptors (Lipinski definition) is 5. The number of ether oxygens (including phenoxy) is 1. The van der Waals surface area contributed by atoms with Gasteiger partial charge in [0, 0.05) is 28.5 Å². The van der Waals surface area contributed by atoms with Gasteiger partial charge in [0.1, 0.15) is 0 Å². The quantitative estimate of drug-likeness (QED) is 0.186. The van der Waals surface area contributed by atoms with Crippen LogP contribution in [-0.4, -0.2) is 45.4 Å². The predicted octanol–water partition coefficient (Wildman–Crippen LogP) is 7.79. The monoisotopic (exact) mass is 658 g/mol. The lowest BCUT2D eigenvalue weighted by atomic mass is 9.67. The van der Waals surface area contributed by atoms with Crippen molar-refractivity contribution in [1.82, 2.24) is 9.88 Å². The molecule has 1 aliphatic heterocycles. The molecule has 4 unspecified atom stereocenters. The second-order valence-electron chi connectivity index (χ2n) is 10.6. The number of likely N-dealkylation sites (tertiary alicyclic amines) is 1. The number of aliphatic carboxylic acids is 1. The molecule has 1 saturated heterocycles. The summed E-state index contributed by atoms with van der Waals surface area (Å²) in [7, 11) is 0. The van der Waals surface area contributed by atoms with E-state index in [1.54, 1.807) is 36.4 Å². The number of piperidine rings is 1. The van der Waals surface area contributed by atoms with Crippen molar-refractivity contribution in [1.29, 1.82) is 0 Å². The molecule has 0 radical (unpaired) electrons. The summed E-state index contributed by atoms with van der Waals surface area (Å²) < 4.78 is 71.5. The average molecular weight is 659 g/mol. The van der Waals surface area contributed by atoms with Crippen LogP contribution in [0, 0.1) is 5.41 Å². The molecule has 3 aromatic rings. The lowest BCUT2D eigenvalue weighted by Gasteiger charge is -2.51. The fraction of sp³-hybridized carbons (Fsp3) is 0.333. The molecule has 0 bridgehead atoms. The Kier molecular flexibility index (Phi) is 9.84.